The molecule has 2 heterocycles. The van der Waals surface area contributed by atoms with Crippen molar-refractivity contribution >= 4 is 28.3 Å². The Morgan fingerprint density at radius 2 is 1.83 bits per heavy atom. The third-order valence-corrected chi connectivity index (χ3v) is 4.81. The zero-order chi connectivity index (χ0) is 21.3. The van der Waals surface area contributed by atoms with E-state index in [1.165, 1.54) is 23.1 Å². The first-order valence-electron chi connectivity index (χ1n) is 9.35. The summed E-state index contributed by atoms with van der Waals surface area (Å²) < 4.78 is 29.6. The summed E-state index contributed by atoms with van der Waals surface area (Å²) in [6, 6.07) is 10.4. The van der Waals surface area contributed by atoms with Gasteiger partial charge in [-0.15, -0.1) is 0 Å². The molecule has 0 atom stereocenters. The van der Waals surface area contributed by atoms with Gasteiger partial charge in [0.15, 0.2) is 0 Å². The van der Waals surface area contributed by atoms with E-state index in [0.717, 1.165) is 17.0 Å². The van der Waals surface area contributed by atoms with Gasteiger partial charge < -0.3 is 18.8 Å². The highest BCUT2D eigenvalue weighted by molar-refractivity contribution is 6.52. The van der Waals surface area contributed by atoms with Crippen molar-refractivity contribution in [1.82, 2.24) is 0 Å². The number of hydrogen-bond acceptors (Lipinski definition) is 6. The number of Topliss-reactive ketones (excluding diaryl/α,β-unsaturated/α-hetero) is 1. The molecule has 30 heavy (non-hydrogen) atoms. The highest BCUT2D eigenvalue weighted by Crippen LogP contribution is 2.29. The topological polar surface area (TPSA) is 86.1 Å². The van der Waals surface area contributed by atoms with Gasteiger partial charge in [-0.25, -0.2) is 9.18 Å². The normalized spacial score (nSPS) is 13.2. The molecule has 1 aliphatic heterocycles. The summed E-state index contributed by atoms with van der Waals surface area (Å²) in [7, 11) is 0. The largest absolute Gasteiger partial charge is 0.491 e. The van der Waals surface area contributed by atoms with Crippen LogP contribution in [0.15, 0.2) is 51.7 Å². The van der Waals surface area contributed by atoms with Crippen LogP contribution in [0.3, 0.4) is 0 Å². The number of hydrogen-bond donors (Lipinski definition) is 0. The van der Waals surface area contributed by atoms with E-state index in [1.807, 2.05) is 13.0 Å². The Morgan fingerprint density at radius 3 is 2.67 bits per heavy atom. The first kappa shape index (κ1) is 19.8. The third-order valence-electron chi connectivity index (χ3n) is 4.81. The van der Waals surface area contributed by atoms with E-state index >= 15 is 0 Å². The quantitative estimate of drug-likeness (QED) is 0.338. The smallest absolute Gasteiger partial charge is 0.336 e. The molecule has 0 fully saturated rings. The third kappa shape index (κ3) is 3.81. The number of ether oxygens (including phenoxy) is 2. The Bertz CT molecular complexity index is 1200. The Balaban J connectivity index is 1.27. The van der Waals surface area contributed by atoms with Gasteiger partial charge in [-0.3, -0.25) is 9.59 Å². The van der Waals surface area contributed by atoms with Crippen molar-refractivity contribution < 1.29 is 27.9 Å². The number of aryl methyl sites for hydroxylation is 1. The number of anilines is 1. The number of ketones is 1. The maximum Gasteiger partial charge on any atom is 0.336 e. The van der Waals surface area contributed by atoms with Crippen molar-refractivity contribution in [3.05, 3.63) is 69.8 Å². The summed E-state index contributed by atoms with van der Waals surface area (Å²) in [4.78, 5) is 36.8. The lowest BCUT2D eigenvalue weighted by Crippen LogP contribution is -2.33. The lowest BCUT2D eigenvalue weighted by atomic mass is 10.1. The van der Waals surface area contributed by atoms with Gasteiger partial charge in [0, 0.05) is 24.1 Å². The fourth-order valence-electron chi connectivity index (χ4n) is 3.37. The van der Waals surface area contributed by atoms with Crippen molar-refractivity contribution in [1.29, 1.82) is 0 Å². The maximum atomic E-state index is 13.3. The minimum atomic E-state index is -0.717. The average Bonchev–Trinajstić information content (AvgIpc) is 2.94. The molecule has 0 saturated heterocycles. The first-order chi connectivity index (χ1) is 14.4. The number of carbonyl (C=O) groups excluding carboxylic acids is 2. The summed E-state index contributed by atoms with van der Waals surface area (Å²) >= 11 is 0. The van der Waals surface area contributed by atoms with E-state index in [-0.39, 0.29) is 31.9 Å². The molecule has 2 aromatic carbocycles. The Morgan fingerprint density at radius 1 is 1.00 bits per heavy atom. The molecule has 1 aromatic heterocycles. The molecular formula is C22H18FNO6. The molecule has 0 unspecified atom stereocenters. The second-order valence-corrected chi connectivity index (χ2v) is 6.81. The van der Waals surface area contributed by atoms with Gasteiger partial charge in [0.25, 0.3) is 11.7 Å². The van der Waals surface area contributed by atoms with E-state index in [1.54, 1.807) is 12.1 Å². The van der Waals surface area contributed by atoms with Crippen LogP contribution in [0.25, 0.3) is 11.0 Å². The zero-order valence-electron chi connectivity index (χ0n) is 16.1. The van der Waals surface area contributed by atoms with Crippen molar-refractivity contribution in [3.8, 4) is 5.75 Å². The van der Waals surface area contributed by atoms with E-state index < -0.39 is 23.1 Å². The second-order valence-electron chi connectivity index (χ2n) is 6.81. The molecule has 7 nitrogen and oxygen atoms in total. The van der Waals surface area contributed by atoms with E-state index in [4.69, 9.17) is 13.9 Å². The number of carbonyl (C=O) groups is 2. The number of rotatable bonds is 7. The summed E-state index contributed by atoms with van der Waals surface area (Å²) in [6.45, 7) is 2.69. The van der Waals surface area contributed by atoms with E-state index in [0.29, 0.717) is 17.0 Å². The van der Waals surface area contributed by atoms with Crippen molar-refractivity contribution in [2.45, 2.75) is 6.92 Å². The molecule has 3 aromatic rings. The van der Waals surface area contributed by atoms with Crippen LogP contribution in [0.4, 0.5) is 10.1 Å². The van der Waals surface area contributed by atoms with Crippen LogP contribution in [0.1, 0.15) is 15.9 Å². The second kappa shape index (κ2) is 8.08. The monoisotopic (exact) mass is 411 g/mol. The van der Waals surface area contributed by atoms with Gasteiger partial charge in [0.05, 0.1) is 24.5 Å². The van der Waals surface area contributed by atoms with Crippen LogP contribution >= 0.6 is 0 Å². The molecule has 0 saturated carbocycles. The SMILES string of the molecule is Cc1cc(=O)oc2cc(OCCOCCN3C(=O)C(=O)c4cc(F)ccc43)ccc12. The molecule has 8 heteroatoms. The van der Waals surface area contributed by atoms with Gasteiger partial charge in [-0.05, 0) is 42.8 Å². The van der Waals surface area contributed by atoms with Gasteiger partial charge in [0.1, 0.15) is 23.8 Å². The number of halogens is 1. The minimum Gasteiger partial charge on any atom is -0.491 e. The Kier molecular flexibility index (Phi) is 5.33. The van der Waals surface area contributed by atoms with Crippen LogP contribution in [0.2, 0.25) is 0 Å². The van der Waals surface area contributed by atoms with Crippen molar-refractivity contribution in [2.75, 3.05) is 31.3 Å². The summed E-state index contributed by atoms with van der Waals surface area (Å²) in [5.74, 6) is -1.43. The lowest BCUT2D eigenvalue weighted by molar-refractivity contribution is -0.114. The molecule has 0 N–H and O–H groups in total. The van der Waals surface area contributed by atoms with E-state index in [9.17, 15) is 18.8 Å². The van der Waals surface area contributed by atoms with Gasteiger partial charge in [0.2, 0.25) is 0 Å². The van der Waals surface area contributed by atoms with Crippen LogP contribution in [-0.4, -0.2) is 38.1 Å². The molecule has 0 aliphatic carbocycles. The number of benzene rings is 2. The molecular weight excluding hydrogens is 393 g/mol. The molecule has 1 amide bonds. The average molecular weight is 411 g/mol. The number of amides is 1. The molecule has 4 rings (SSSR count). The Labute approximate surface area is 170 Å². The lowest BCUT2D eigenvalue weighted by Gasteiger charge is -2.16. The summed E-state index contributed by atoms with van der Waals surface area (Å²) in [5.41, 5.74) is 1.32. The van der Waals surface area contributed by atoms with Crippen LogP contribution in [0.5, 0.6) is 5.75 Å². The molecule has 1 aliphatic rings. The summed E-state index contributed by atoms with van der Waals surface area (Å²) in [6.07, 6.45) is 0. The summed E-state index contributed by atoms with van der Waals surface area (Å²) in [5, 5.41) is 0.836. The maximum absolute atomic E-state index is 13.3. The van der Waals surface area contributed by atoms with Gasteiger partial charge in [-0.2, -0.15) is 0 Å². The molecule has 0 bridgehead atoms. The molecule has 154 valence electrons. The number of nitrogens with zero attached hydrogens (tertiary/aromatic N) is 1. The standard InChI is InChI=1S/C22H18FNO6/c1-13-10-20(25)30-19-12-15(3-4-16(13)19)29-9-8-28-7-6-24-18-5-2-14(23)11-17(18)21(26)22(24)27/h2-5,10-12H,6-9H2,1H3. The van der Waals surface area contributed by atoms with Crippen molar-refractivity contribution in [3.63, 3.8) is 0 Å². The fourth-order valence-corrected chi connectivity index (χ4v) is 3.37. The predicted octanol–water partition coefficient (Wildman–Crippen LogP) is 2.87. The van der Waals surface area contributed by atoms with Gasteiger partial charge in [-0.1, -0.05) is 0 Å². The Hall–Kier alpha value is -3.52. The fraction of sp³-hybridized carbons (Fsp3) is 0.227. The van der Waals surface area contributed by atoms with Crippen molar-refractivity contribution in [2.24, 2.45) is 0 Å². The zero-order valence-corrected chi connectivity index (χ0v) is 16.1. The van der Waals surface area contributed by atoms with Crippen LogP contribution < -0.4 is 15.3 Å². The van der Waals surface area contributed by atoms with Crippen LogP contribution in [0, 0.1) is 12.7 Å². The highest BCUT2D eigenvalue weighted by Gasteiger charge is 2.35. The predicted molar refractivity (Wildman–Crippen MR) is 107 cm³/mol. The van der Waals surface area contributed by atoms with Gasteiger partial charge >= 0.3 is 5.63 Å². The van der Waals surface area contributed by atoms with Crippen LogP contribution in [-0.2, 0) is 9.53 Å². The van der Waals surface area contributed by atoms with E-state index in [2.05, 4.69) is 0 Å². The molecule has 0 spiro atoms. The highest BCUT2D eigenvalue weighted by atomic mass is 19.1. The minimum absolute atomic E-state index is 0.0709. The molecule has 0 radical (unpaired) electrons. The number of fused-ring (bicyclic) bond motifs is 2. The first-order valence-corrected chi connectivity index (χ1v) is 9.35.